The normalized spacial score (nSPS) is 26.5. The van der Waals surface area contributed by atoms with E-state index in [2.05, 4.69) is 5.32 Å². The van der Waals surface area contributed by atoms with E-state index in [0.29, 0.717) is 17.1 Å². The van der Waals surface area contributed by atoms with Gasteiger partial charge in [0.15, 0.2) is 11.6 Å². The average Bonchev–Trinajstić information content (AvgIpc) is 3.11. The summed E-state index contributed by atoms with van der Waals surface area (Å²) in [4.78, 5) is 29.5. The molecule has 0 spiro atoms. The molecule has 0 bridgehead atoms. The molecule has 0 radical (unpaired) electrons. The maximum Gasteiger partial charge on any atom is 0.257 e. The minimum Gasteiger partial charge on any atom is -0.497 e. The number of nitrogens with one attached hydrogen (secondary N) is 1. The summed E-state index contributed by atoms with van der Waals surface area (Å²) < 4.78 is 39.9. The number of halogens is 2. The van der Waals surface area contributed by atoms with Gasteiger partial charge >= 0.3 is 0 Å². The number of carbonyl (C=O) groups is 2. The standard InChI is InChI=1S/C27H22F2N2O4/c1-27-23(14-6-4-3-5-7-14)18-13-35-22-9-8-15(34-2)10-17(22)24(18)31(27)25(32)16-11-19(28)20(29)12-21(16)30-26(27)33/h3-12,18,23-24H,13H2,1-2H3,(H,30,33)/t18?,23?,24?,27-/m1/s1. The lowest BCUT2D eigenvalue weighted by molar-refractivity contribution is -0.125. The van der Waals surface area contributed by atoms with Crippen LogP contribution in [0.15, 0.2) is 60.7 Å². The van der Waals surface area contributed by atoms with Crippen molar-refractivity contribution in [1.82, 2.24) is 4.90 Å². The number of amides is 2. The van der Waals surface area contributed by atoms with Gasteiger partial charge in [0, 0.05) is 23.5 Å². The third-order valence-electron chi connectivity index (χ3n) is 7.56. The minimum absolute atomic E-state index is 0.0455. The molecule has 35 heavy (non-hydrogen) atoms. The van der Waals surface area contributed by atoms with Crippen molar-refractivity contribution < 1.29 is 27.8 Å². The van der Waals surface area contributed by atoms with E-state index in [1.165, 1.54) is 4.90 Å². The zero-order valence-corrected chi connectivity index (χ0v) is 19.0. The lowest BCUT2D eigenvalue weighted by Crippen LogP contribution is -2.54. The second kappa shape index (κ2) is 7.53. The summed E-state index contributed by atoms with van der Waals surface area (Å²) >= 11 is 0. The molecule has 178 valence electrons. The fourth-order valence-electron chi connectivity index (χ4n) is 6.01. The van der Waals surface area contributed by atoms with Crippen LogP contribution in [0.2, 0.25) is 0 Å². The van der Waals surface area contributed by atoms with E-state index >= 15 is 0 Å². The predicted octanol–water partition coefficient (Wildman–Crippen LogP) is 4.67. The summed E-state index contributed by atoms with van der Waals surface area (Å²) in [6.07, 6.45) is 0. The molecule has 0 saturated carbocycles. The van der Waals surface area contributed by atoms with Crippen molar-refractivity contribution >= 4 is 17.5 Å². The molecule has 3 heterocycles. The van der Waals surface area contributed by atoms with Crippen molar-refractivity contribution in [1.29, 1.82) is 0 Å². The number of anilines is 1. The van der Waals surface area contributed by atoms with Crippen molar-refractivity contribution in [3.8, 4) is 11.5 Å². The molecule has 3 aliphatic rings. The van der Waals surface area contributed by atoms with Crippen molar-refractivity contribution in [2.75, 3.05) is 19.0 Å². The van der Waals surface area contributed by atoms with E-state index in [-0.39, 0.29) is 23.8 Å². The molecule has 3 aromatic carbocycles. The Morgan fingerprint density at radius 2 is 1.80 bits per heavy atom. The van der Waals surface area contributed by atoms with E-state index in [9.17, 15) is 18.4 Å². The highest BCUT2D eigenvalue weighted by Gasteiger charge is 2.65. The molecule has 6 nitrogen and oxygen atoms in total. The quantitative estimate of drug-likeness (QED) is 0.584. The van der Waals surface area contributed by atoms with Crippen LogP contribution in [0, 0.1) is 17.6 Å². The molecule has 2 amide bonds. The first-order valence-electron chi connectivity index (χ1n) is 11.3. The van der Waals surface area contributed by atoms with Crippen LogP contribution in [0.25, 0.3) is 0 Å². The third-order valence-corrected chi connectivity index (χ3v) is 7.56. The summed E-state index contributed by atoms with van der Waals surface area (Å²) in [6, 6.07) is 16.0. The molecule has 0 aliphatic carbocycles. The van der Waals surface area contributed by atoms with Gasteiger partial charge in [0.25, 0.3) is 11.8 Å². The van der Waals surface area contributed by atoms with Crippen LogP contribution in [0.1, 0.15) is 40.4 Å². The molecule has 8 heteroatoms. The number of benzene rings is 3. The van der Waals surface area contributed by atoms with Crippen LogP contribution >= 0.6 is 0 Å². The molecule has 1 fully saturated rings. The number of hydrogen-bond acceptors (Lipinski definition) is 4. The highest BCUT2D eigenvalue weighted by Crippen LogP contribution is 2.60. The SMILES string of the molecule is COc1ccc2c(c1)C1C(CO2)C(c2ccccc2)[C@]2(C)C(=O)Nc3cc(F)c(F)cc3C(=O)N12. The number of hydrogen-bond donors (Lipinski definition) is 1. The first-order chi connectivity index (χ1) is 16.8. The molecular formula is C27H22F2N2O4. The molecule has 3 unspecified atom stereocenters. The molecular weight excluding hydrogens is 454 g/mol. The van der Waals surface area contributed by atoms with Crippen LogP contribution < -0.4 is 14.8 Å². The second-order valence-electron chi connectivity index (χ2n) is 9.30. The molecule has 1 saturated heterocycles. The molecule has 0 aromatic heterocycles. The Morgan fingerprint density at radius 3 is 2.54 bits per heavy atom. The Morgan fingerprint density at radius 1 is 1.06 bits per heavy atom. The first kappa shape index (κ1) is 21.6. The van der Waals surface area contributed by atoms with Crippen LogP contribution in [0.3, 0.4) is 0 Å². The molecule has 3 aliphatic heterocycles. The highest BCUT2D eigenvalue weighted by atomic mass is 19.2. The first-order valence-corrected chi connectivity index (χ1v) is 11.3. The summed E-state index contributed by atoms with van der Waals surface area (Å²) in [5, 5.41) is 2.72. The van der Waals surface area contributed by atoms with Gasteiger partial charge in [0.2, 0.25) is 0 Å². The summed E-state index contributed by atoms with van der Waals surface area (Å²) in [7, 11) is 1.55. The Kier molecular flexibility index (Phi) is 4.64. The molecule has 6 rings (SSSR count). The average molecular weight is 476 g/mol. The summed E-state index contributed by atoms with van der Waals surface area (Å²) in [5.41, 5.74) is 0.0692. The smallest absolute Gasteiger partial charge is 0.257 e. The highest BCUT2D eigenvalue weighted by molar-refractivity contribution is 6.12. The van der Waals surface area contributed by atoms with Crippen molar-refractivity contribution in [3.05, 3.63) is 89.0 Å². The largest absolute Gasteiger partial charge is 0.497 e. The topological polar surface area (TPSA) is 67.9 Å². The van der Waals surface area contributed by atoms with Crippen molar-refractivity contribution in [2.45, 2.75) is 24.4 Å². The third kappa shape index (κ3) is 2.92. The van der Waals surface area contributed by atoms with E-state index in [4.69, 9.17) is 9.47 Å². The number of nitrogens with zero attached hydrogens (tertiary/aromatic N) is 1. The Balaban J connectivity index is 1.63. The second-order valence-corrected chi connectivity index (χ2v) is 9.30. The molecule has 4 atom stereocenters. The van der Waals surface area contributed by atoms with Crippen LogP contribution in [0.5, 0.6) is 11.5 Å². The maximum atomic E-state index is 14.3. The van der Waals surface area contributed by atoms with Gasteiger partial charge in [0.05, 0.1) is 31.0 Å². The van der Waals surface area contributed by atoms with Gasteiger partial charge in [-0.15, -0.1) is 0 Å². The van der Waals surface area contributed by atoms with Crippen molar-refractivity contribution in [3.63, 3.8) is 0 Å². The number of fused-ring (bicyclic) bond motifs is 6. The van der Waals surface area contributed by atoms with E-state index < -0.39 is 40.9 Å². The summed E-state index contributed by atoms with van der Waals surface area (Å²) in [6.45, 7) is 2.00. The van der Waals surface area contributed by atoms with Gasteiger partial charge in [-0.3, -0.25) is 9.59 Å². The van der Waals surface area contributed by atoms with Gasteiger partial charge in [-0.2, -0.15) is 0 Å². The number of ether oxygens (including phenoxy) is 2. The van der Waals surface area contributed by atoms with Gasteiger partial charge < -0.3 is 19.7 Å². The molecule has 1 N–H and O–H groups in total. The fourth-order valence-corrected chi connectivity index (χ4v) is 6.01. The van der Waals surface area contributed by atoms with Crippen molar-refractivity contribution in [2.24, 2.45) is 5.92 Å². The van der Waals surface area contributed by atoms with Crippen LogP contribution in [-0.2, 0) is 4.79 Å². The number of carbonyl (C=O) groups excluding carboxylic acids is 2. The lowest BCUT2D eigenvalue weighted by Gasteiger charge is -2.38. The van der Waals surface area contributed by atoms with Crippen LogP contribution in [0.4, 0.5) is 14.5 Å². The Labute approximate surface area is 200 Å². The lowest BCUT2D eigenvalue weighted by atomic mass is 9.73. The maximum absolute atomic E-state index is 14.3. The summed E-state index contributed by atoms with van der Waals surface area (Å²) in [5.74, 6) is -2.86. The predicted molar refractivity (Wildman–Crippen MR) is 123 cm³/mol. The molecule has 3 aromatic rings. The zero-order chi connectivity index (χ0) is 24.5. The Hall–Kier alpha value is -3.94. The van der Waals surface area contributed by atoms with Crippen LogP contribution in [-0.4, -0.2) is 36.0 Å². The zero-order valence-electron chi connectivity index (χ0n) is 19.0. The van der Waals surface area contributed by atoms with Gasteiger partial charge in [-0.1, -0.05) is 30.3 Å². The van der Waals surface area contributed by atoms with Gasteiger partial charge in [-0.25, -0.2) is 8.78 Å². The fraction of sp³-hybridized carbons (Fsp3) is 0.259. The van der Waals surface area contributed by atoms with Gasteiger partial charge in [0.1, 0.15) is 17.0 Å². The Bertz CT molecular complexity index is 1380. The van der Waals surface area contributed by atoms with E-state index in [1.807, 2.05) is 36.4 Å². The van der Waals surface area contributed by atoms with Gasteiger partial charge in [-0.05, 0) is 36.8 Å². The monoisotopic (exact) mass is 476 g/mol. The number of rotatable bonds is 2. The minimum atomic E-state index is -1.37. The number of methoxy groups -OCH3 is 1. The van der Waals surface area contributed by atoms with E-state index in [0.717, 1.165) is 17.7 Å². The van der Waals surface area contributed by atoms with E-state index in [1.54, 1.807) is 26.2 Å².